The molecule has 2 N–H and O–H groups in total. The van der Waals surface area contributed by atoms with E-state index in [0.29, 0.717) is 11.0 Å². The molecule has 1 heterocycles. The molecule has 0 saturated carbocycles. The lowest BCUT2D eigenvalue weighted by molar-refractivity contribution is 0.221. The molecule has 1 unspecified atom stereocenters. The van der Waals surface area contributed by atoms with Crippen LogP contribution in [0.4, 0.5) is 0 Å². The van der Waals surface area contributed by atoms with Gasteiger partial charge in [-0.2, -0.15) is 11.8 Å². The molecule has 0 spiro atoms. The van der Waals surface area contributed by atoms with Gasteiger partial charge in [0.25, 0.3) is 0 Å². The Labute approximate surface area is 124 Å². The third-order valence-electron chi connectivity index (χ3n) is 3.44. The number of nitrogens with zero attached hydrogens (tertiary/aromatic N) is 1. The Morgan fingerprint density at radius 1 is 1.58 bits per heavy atom. The van der Waals surface area contributed by atoms with Crippen LogP contribution < -0.4 is 10.5 Å². The molecule has 1 aromatic rings. The summed E-state index contributed by atoms with van der Waals surface area (Å²) in [6.07, 6.45) is 0. The number of ether oxygens (including phenoxy) is 1. The van der Waals surface area contributed by atoms with Gasteiger partial charge in [-0.3, -0.25) is 4.90 Å². The van der Waals surface area contributed by atoms with Crippen molar-refractivity contribution < 1.29 is 4.74 Å². The second-order valence-electron chi connectivity index (χ2n) is 4.79. The van der Waals surface area contributed by atoms with Gasteiger partial charge in [-0.1, -0.05) is 12.2 Å². The number of hydrogen-bond acceptors (Lipinski definition) is 4. The summed E-state index contributed by atoms with van der Waals surface area (Å²) in [5, 5.41) is 0. The minimum absolute atomic E-state index is 0.436. The van der Waals surface area contributed by atoms with Crippen molar-refractivity contribution in [2.24, 2.45) is 5.73 Å². The van der Waals surface area contributed by atoms with Crippen LogP contribution in [0.3, 0.4) is 0 Å². The molecule has 1 aliphatic rings. The van der Waals surface area contributed by atoms with Crippen LogP contribution in [-0.4, -0.2) is 41.1 Å². The number of methoxy groups -OCH3 is 1. The molecule has 5 heteroatoms. The van der Waals surface area contributed by atoms with Crippen LogP contribution in [0, 0.1) is 0 Å². The topological polar surface area (TPSA) is 38.5 Å². The second-order valence-corrected chi connectivity index (χ2v) is 6.37. The molecule has 19 heavy (non-hydrogen) atoms. The Bertz CT molecular complexity index is 465. The summed E-state index contributed by atoms with van der Waals surface area (Å²) < 4.78 is 5.44. The Morgan fingerprint density at radius 2 is 2.37 bits per heavy atom. The van der Waals surface area contributed by atoms with Crippen LogP contribution in [0.15, 0.2) is 18.2 Å². The maximum atomic E-state index is 5.71. The van der Waals surface area contributed by atoms with Gasteiger partial charge in [-0.05, 0) is 25.1 Å². The highest BCUT2D eigenvalue weighted by molar-refractivity contribution is 7.99. The Balaban J connectivity index is 2.21. The highest BCUT2D eigenvalue weighted by Crippen LogP contribution is 2.25. The minimum Gasteiger partial charge on any atom is -0.496 e. The molecule has 1 aromatic carbocycles. The fourth-order valence-electron chi connectivity index (χ4n) is 2.27. The van der Waals surface area contributed by atoms with E-state index in [4.69, 9.17) is 22.7 Å². The molecule has 1 atom stereocenters. The molecule has 104 valence electrons. The summed E-state index contributed by atoms with van der Waals surface area (Å²) >= 11 is 7.07. The van der Waals surface area contributed by atoms with Gasteiger partial charge in [-0.15, -0.1) is 0 Å². The Hall–Kier alpha value is -0.780. The van der Waals surface area contributed by atoms with Crippen LogP contribution in [0.25, 0.3) is 0 Å². The maximum absolute atomic E-state index is 5.71. The average Bonchev–Trinajstić information content (AvgIpc) is 2.41. The largest absolute Gasteiger partial charge is 0.496 e. The van der Waals surface area contributed by atoms with Gasteiger partial charge in [0.1, 0.15) is 10.7 Å². The first-order chi connectivity index (χ1) is 9.11. The predicted octanol–water partition coefficient (Wildman–Crippen LogP) is 2.27. The van der Waals surface area contributed by atoms with Crippen molar-refractivity contribution >= 4 is 29.0 Å². The van der Waals surface area contributed by atoms with Gasteiger partial charge in [0.05, 0.1) is 7.11 Å². The van der Waals surface area contributed by atoms with Crippen molar-refractivity contribution in [3.05, 3.63) is 29.3 Å². The van der Waals surface area contributed by atoms with E-state index in [-0.39, 0.29) is 0 Å². The number of rotatable bonds is 4. The Morgan fingerprint density at radius 3 is 3.00 bits per heavy atom. The van der Waals surface area contributed by atoms with E-state index >= 15 is 0 Å². The lowest BCUT2D eigenvalue weighted by Gasteiger charge is -2.33. The third kappa shape index (κ3) is 3.61. The van der Waals surface area contributed by atoms with Gasteiger partial charge in [0.2, 0.25) is 0 Å². The minimum atomic E-state index is 0.436. The number of benzene rings is 1. The SMILES string of the molecule is COc1ccc(C(N)=S)cc1CN1CCSCC1C. The van der Waals surface area contributed by atoms with Crippen LogP contribution in [-0.2, 0) is 6.54 Å². The highest BCUT2D eigenvalue weighted by Gasteiger charge is 2.20. The zero-order valence-corrected chi connectivity index (χ0v) is 13.0. The molecule has 3 nitrogen and oxygen atoms in total. The molecule has 1 fully saturated rings. The monoisotopic (exact) mass is 296 g/mol. The third-order valence-corrected chi connectivity index (χ3v) is 4.87. The quantitative estimate of drug-likeness (QED) is 0.863. The molecular weight excluding hydrogens is 276 g/mol. The molecule has 1 saturated heterocycles. The smallest absolute Gasteiger partial charge is 0.123 e. The van der Waals surface area contributed by atoms with Crippen molar-refractivity contribution in [2.75, 3.05) is 25.2 Å². The normalized spacial score (nSPS) is 20.2. The molecule has 0 radical (unpaired) electrons. The second kappa shape index (κ2) is 6.59. The number of thioether (sulfide) groups is 1. The van der Waals surface area contributed by atoms with Crippen LogP contribution in [0.5, 0.6) is 5.75 Å². The first-order valence-corrected chi connectivity index (χ1v) is 7.96. The number of hydrogen-bond donors (Lipinski definition) is 1. The standard InChI is InChI=1S/C14H20N2OS2/c1-10-9-19-6-5-16(10)8-12-7-11(14(15)18)3-4-13(12)17-2/h3-4,7,10H,5-6,8-9H2,1-2H3,(H2,15,18). The Kier molecular flexibility index (Phi) is 5.07. The van der Waals surface area contributed by atoms with Crippen LogP contribution in [0.2, 0.25) is 0 Å². The van der Waals surface area contributed by atoms with E-state index in [1.807, 2.05) is 23.9 Å². The van der Waals surface area contributed by atoms with Crippen LogP contribution in [0.1, 0.15) is 18.1 Å². The molecule has 2 rings (SSSR count). The summed E-state index contributed by atoms with van der Waals surface area (Å²) in [4.78, 5) is 2.92. The zero-order chi connectivity index (χ0) is 13.8. The molecule has 1 aliphatic heterocycles. The lowest BCUT2D eigenvalue weighted by Crippen LogP contribution is -2.39. The van der Waals surface area contributed by atoms with E-state index < -0.39 is 0 Å². The summed E-state index contributed by atoms with van der Waals surface area (Å²) in [7, 11) is 1.70. The first kappa shape index (κ1) is 14.6. The highest BCUT2D eigenvalue weighted by atomic mass is 32.2. The van der Waals surface area contributed by atoms with Crippen molar-refractivity contribution in [3.63, 3.8) is 0 Å². The summed E-state index contributed by atoms with van der Waals surface area (Å²) in [6.45, 7) is 4.28. The van der Waals surface area contributed by atoms with Crippen molar-refractivity contribution in [2.45, 2.75) is 19.5 Å². The molecule has 0 aliphatic carbocycles. The van der Waals surface area contributed by atoms with Gasteiger partial charge >= 0.3 is 0 Å². The van der Waals surface area contributed by atoms with E-state index in [0.717, 1.165) is 30.0 Å². The van der Waals surface area contributed by atoms with Crippen molar-refractivity contribution in [3.8, 4) is 5.75 Å². The van der Waals surface area contributed by atoms with Gasteiger partial charge < -0.3 is 10.5 Å². The maximum Gasteiger partial charge on any atom is 0.123 e. The van der Waals surface area contributed by atoms with E-state index in [9.17, 15) is 0 Å². The van der Waals surface area contributed by atoms with E-state index in [2.05, 4.69) is 17.9 Å². The van der Waals surface area contributed by atoms with Crippen molar-refractivity contribution in [1.29, 1.82) is 0 Å². The van der Waals surface area contributed by atoms with E-state index in [1.54, 1.807) is 7.11 Å². The lowest BCUT2D eigenvalue weighted by atomic mass is 10.1. The molecule has 0 amide bonds. The van der Waals surface area contributed by atoms with Crippen LogP contribution >= 0.6 is 24.0 Å². The van der Waals surface area contributed by atoms with E-state index in [1.165, 1.54) is 11.5 Å². The van der Waals surface area contributed by atoms with Gasteiger partial charge in [0, 0.05) is 41.8 Å². The first-order valence-electron chi connectivity index (χ1n) is 6.40. The van der Waals surface area contributed by atoms with Gasteiger partial charge in [0.15, 0.2) is 0 Å². The molecule has 0 aromatic heterocycles. The van der Waals surface area contributed by atoms with Crippen molar-refractivity contribution in [1.82, 2.24) is 4.90 Å². The summed E-state index contributed by atoms with van der Waals surface area (Å²) in [5.74, 6) is 3.30. The summed E-state index contributed by atoms with van der Waals surface area (Å²) in [5.41, 5.74) is 7.77. The summed E-state index contributed by atoms with van der Waals surface area (Å²) in [6, 6.07) is 6.51. The average molecular weight is 296 g/mol. The zero-order valence-electron chi connectivity index (χ0n) is 11.4. The number of thiocarbonyl (C=S) groups is 1. The van der Waals surface area contributed by atoms with Gasteiger partial charge in [-0.25, -0.2) is 0 Å². The predicted molar refractivity (Wildman–Crippen MR) is 86.1 cm³/mol. The fourth-order valence-corrected chi connectivity index (χ4v) is 3.48. The molecular formula is C14H20N2OS2. The number of nitrogens with two attached hydrogens (primary N) is 1. The fraction of sp³-hybridized carbons (Fsp3) is 0.500. The molecule has 0 bridgehead atoms.